The second kappa shape index (κ2) is 8.50. The molecule has 0 bridgehead atoms. The number of carbonyl (C=O) groups excluding carboxylic acids is 1. The molecule has 2 unspecified atom stereocenters. The SMILES string of the molecule is Cl.NC1CCCCC1CC(=O)NCc1ccccc1Cl. The van der Waals surface area contributed by atoms with Gasteiger partial charge in [0.1, 0.15) is 0 Å². The Kier molecular flexibility index (Phi) is 7.35. The van der Waals surface area contributed by atoms with E-state index in [1.165, 1.54) is 12.8 Å². The highest BCUT2D eigenvalue weighted by Gasteiger charge is 2.23. The molecule has 0 radical (unpaired) electrons. The van der Waals surface area contributed by atoms with Crippen LogP contribution in [0.3, 0.4) is 0 Å². The third kappa shape index (κ3) is 4.97. The van der Waals surface area contributed by atoms with Crippen molar-refractivity contribution in [3.8, 4) is 0 Å². The molecule has 1 aliphatic rings. The van der Waals surface area contributed by atoms with Crippen LogP contribution >= 0.6 is 24.0 Å². The second-order valence-electron chi connectivity index (χ2n) is 5.28. The van der Waals surface area contributed by atoms with Gasteiger partial charge in [-0.1, -0.05) is 42.6 Å². The normalized spacial score (nSPS) is 21.9. The maximum atomic E-state index is 11.9. The van der Waals surface area contributed by atoms with Gasteiger partial charge in [-0.3, -0.25) is 4.79 Å². The lowest BCUT2D eigenvalue weighted by Crippen LogP contribution is -2.37. The Morgan fingerprint density at radius 3 is 2.70 bits per heavy atom. The van der Waals surface area contributed by atoms with Crippen LogP contribution in [0.2, 0.25) is 5.02 Å². The molecule has 3 nitrogen and oxygen atoms in total. The molecule has 2 atom stereocenters. The summed E-state index contributed by atoms with van der Waals surface area (Å²) in [5.74, 6) is 0.405. The van der Waals surface area contributed by atoms with E-state index in [2.05, 4.69) is 5.32 Å². The number of benzene rings is 1. The number of hydrogen-bond donors (Lipinski definition) is 2. The lowest BCUT2D eigenvalue weighted by Gasteiger charge is -2.27. The van der Waals surface area contributed by atoms with Crippen molar-refractivity contribution in [2.45, 2.75) is 44.7 Å². The minimum Gasteiger partial charge on any atom is -0.352 e. The summed E-state index contributed by atoms with van der Waals surface area (Å²) in [6.07, 6.45) is 5.03. The van der Waals surface area contributed by atoms with Crippen molar-refractivity contribution in [3.05, 3.63) is 34.9 Å². The molecule has 1 aliphatic carbocycles. The van der Waals surface area contributed by atoms with Crippen LogP contribution in [-0.2, 0) is 11.3 Å². The number of nitrogens with one attached hydrogen (secondary N) is 1. The Bertz CT molecular complexity index is 440. The van der Waals surface area contributed by atoms with E-state index in [1.807, 2.05) is 24.3 Å². The zero-order valence-corrected chi connectivity index (χ0v) is 13.1. The highest BCUT2D eigenvalue weighted by Crippen LogP contribution is 2.25. The fourth-order valence-corrected chi connectivity index (χ4v) is 2.84. The number of hydrogen-bond acceptors (Lipinski definition) is 2. The highest BCUT2D eigenvalue weighted by molar-refractivity contribution is 6.31. The smallest absolute Gasteiger partial charge is 0.220 e. The zero-order chi connectivity index (χ0) is 13.7. The van der Waals surface area contributed by atoms with Crippen LogP contribution in [-0.4, -0.2) is 11.9 Å². The molecule has 0 saturated heterocycles. The van der Waals surface area contributed by atoms with Gasteiger partial charge in [0.25, 0.3) is 0 Å². The van der Waals surface area contributed by atoms with E-state index in [4.69, 9.17) is 17.3 Å². The molecule has 1 amide bonds. The summed E-state index contributed by atoms with van der Waals surface area (Å²) in [6, 6.07) is 7.74. The molecule has 1 aromatic carbocycles. The van der Waals surface area contributed by atoms with Crippen LogP contribution in [0.25, 0.3) is 0 Å². The number of halogens is 2. The van der Waals surface area contributed by atoms with Crippen molar-refractivity contribution in [1.82, 2.24) is 5.32 Å². The molecule has 2 rings (SSSR count). The molecule has 0 aromatic heterocycles. The third-order valence-corrected chi connectivity index (χ3v) is 4.22. The van der Waals surface area contributed by atoms with Crippen molar-refractivity contribution in [1.29, 1.82) is 0 Å². The molecular weight excluding hydrogens is 295 g/mol. The van der Waals surface area contributed by atoms with E-state index >= 15 is 0 Å². The zero-order valence-electron chi connectivity index (χ0n) is 11.5. The predicted octanol–water partition coefficient (Wildman–Crippen LogP) is 3.29. The molecule has 1 fully saturated rings. The average molecular weight is 317 g/mol. The highest BCUT2D eigenvalue weighted by atomic mass is 35.5. The third-order valence-electron chi connectivity index (χ3n) is 3.85. The lowest BCUT2D eigenvalue weighted by atomic mass is 9.83. The Hall–Kier alpha value is -0.770. The number of amides is 1. The molecule has 1 aromatic rings. The maximum Gasteiger partial charge on any atom is 0.220 e. The number of carbonyl (C=O) groups is 1. The van der Waals surface area contributed by atoms with Crippen LogP contribution in [0.1, 0.15) is 37.7 Å². The quantitative estimate of drug-likeness (QED) is 0.895. The van der Waals surface area contributed by atoms with Gasteiger partial charge in [0, 0.05) is 24.0 Å². The van der Waals surface area contributed by atoms with E-state index in [-0.39, 0.29) is 24.4 Å². The molecule has 0 spiro atoms. The van der Waals surface area contributed by atoms with Crippen molar-refractivity contribution in [3.63, 3.8) is 0 Å². The average Bonchev–Trinajstić information content (AvgIpc) is 2.40. The van der Waals surface area contributed by atoms with Gasteiger partial charge >= 0.3 is 0 Å². The summed E-state index contributed by atoms with van der Waals surface area (Å²) in [7, 11) is 0. The second-order valence-corrected chi connectivity index (χ2v) is 5.69. The van der Waals surface area contributed by atoms with E-state index in [1.54, 1.807) is 0 Å². The Morgan fingerprint density at radius 2 is 2.00 bits per heavy atom. The molecule has 0 aliphatic heterocycles. The first kappa shape index (κ1) is 17.3. The fourth-order valence-electron chi connectivity index (χ4n) is 2.64. The van der Waals surface area contributed by atoms with Gasteiger partial charge in [-0.05, 0) is 30.4 Å². The molecule has 1 saturated carbocycles. The summed E-state index contributed by atoms with van der Waals surface area (Å²) in [6.45, 7) is 0.487. The van der Waals surface area contributed by atoms with Crippen molar-refractivity contribution in [2.24, 2.45) is 11.7 Å². The molecule has 20 heavy (non-hydrogen) atoms. The van der Waals surface area contributed by atoms with Gasteiger partial charge in [-0.15, -0.1) is 12.4 Å². The first-order chi connectivity index (χ1) is 9.16. The van der Waals surface area contributed by atoms with Gasteiger partial charge < -0.3 is 11.1 Å². The molecule has 0 heterocycles. The predicted molar refractivity (Wildman–Crippen MR) is 85.1 cm³/mol. The van der Waals surface area contributed by atoms with E-state index in [0.717, 1.165) is 18.4 Å². The van der Waals surface area contributed by atoms with Crippen LogP contribution < -0.4 is 11.1 Å². The van der Waals surface area contributed by atoms with Crippen LogP contribution in [0, 0.1) is 5.92 Å². The van der Waals surface area contributed by atoms with E-state index < -0.39 is 0 Å². The summed E-state index contributed by atoms with van der Waals surface area (Å²) in [5.41, 5.74) is 7.01. The van der Waals surface area contributed by atoms with Crippen molar-refractivity contribution >= 4 is 29.9 Å². The fraction of sp³-hybridized carbons (Fsp3) is 0.533. The molecule has 112 valence electrons. The van der Waals surface area contributed by atoms with Gasteiger partial charge in [0.2, 0.25) is 5.91 Å². The summed E-state index contributed by atoms with van der Waals surface area (Å²) in [5, 5.41) is 3.62. The summed E-state index contributed by atoms with van der Waals surface area (Å²) in [4.78, 5) is 11.9. The molecule has 5 heteroatoms. The van der Waals surface area contributed by atoms with E-state index in [9.17, 15) is 4.79 Å². The van der Waals surface area contributed by atoms with Crippen molar-refractivity contribution in [2.75, 3.05) is 0 Å². The Balaban J connectivity index is 0.00000200. The molecular formula is C15H22Cl2N2O. The first-order valence-corrected chi connectivity index (χ1v) is 7.30. The first-order valence-electron chi connectivity index (χ1n) is 6.92. The van der Waals surface area contributed by atoms with Gasteiger partial charge in [-0.25, -0.2) is 0 Å². The van der Waals surface area contributed by atoms with Crippen LogP contribution in [0.5, 0.6) is 0 Å². The van der Waals surface area contributed by atoms with Crippen LogP contribution in [0.4, 0.5) is 0 Å². The van der Waals surface area contributed by atoms with Gasteiger partial charge in [0.05, 0.1) is 0 Å². The standard InChI is InChI=1S/C15H21ClN2O.ClH/c16-13-7-3-1-6-12(13)10-18-15(19)9-11-5-2-4-8-14(11)17;/h1,3,6-7,11,14H,2,4-5,8-10,17H2,(H,18,19);1H. The largest absolute Gasteiger partial charge is 0.352 e. The summed E-state index contributed by atoms with van der Waals surface area (Å²) >= 11 is 6.05. The summed E-state index contributed by atoms with van der Waals surface area (Å²) < 4.78 is 0. The maximum absolute atomic E-state index is 11.9. The minimum absolute atomic E-state index is 0. The lowest BCUT2D eigenvalue weighted by molar-refractivity contribution is -0.122. The van der Waals surface area contributed by atoms with Crippen LogP contribution in [0.15, 0.2) is 24.3 Å². The molecule has 3 N–H and O–H groups in total. The Labute approximate surface area is 131 Å². The Morgan fingerprint density at radius 1 is 1.30 bits per heavy atom. The topological polar surface area (TPSA) is 55.1 Å². The van der Waals surface area contributed by atoms with Crippen molar-refractivity contribution < 1.29 is 4.79 Å². The van der Waals surface area contributed by atoms with Gasteiger partial charge in [0.15, 0.2) is 0 Å². The van der Waals surface area contributed by atoms with Gasteiger partial charge in [-0.2, -0.15) is 0 Å². The number of rotatable bonds is 4. The minimum atomic E-state index is 0. The number of nitrogens with two attached hydrogens (primary N) is 1. The van der Waals surface area contributed by atoms with E-state index in [0.29, 0.717) is 23.9 Å². The monoisotopic (exact) mass is 316 g/mol.